The number of non-ortho nitro benzene ring substituents is 1. The highest BCUT2D eigenvalue weighted by Gasteiger charge is 2.37. The van der Waals surface area contributed by atoms with E-state index in [9.17, 15) is 14.9 Å². The van der Waals surface area contributed by atoms with E-state index in [4.69, 9.17) is 4.74 Å². The van der Waals surface area contributed by atoms with Crippen LogP contribution < -0.4 is 10.2 Å². The summed E-state index contributed by atoms with van der Waals surface area (Å²) in [5, 5.41) is 14.1. The molecule has 1 aliphatic rings. The van der Waals surface area contributed by atoms with E-state index < -0.39 is 11.0 Å². The standard InChI is InChI=1S/C22H23N7O4/c1-14(2)18-13-33-22(30)28(18)20-7-9-24-21(27-20)23-8-6-19-25-11-16(12-26-19)15-4-3-5-17(10-15)29(31)32/h3-5,7,9-12,14,18H,6,8,13H2,1-2H3,(H,23,24,27)/t18-/m1/s1. The minimum atomic E-state index is -0.433. The summed E-state index contributed by atoms with van der Waals surface area (Å²) in [5.41, 5.74) is 1.40. The highest BCUT2D eigenvalue weighted by Crippen LogP contribution is 2.26. The summed E-state index contributed by atoms with van der Waals surface area (Å²) >= 11 is 0. The van der Waals surface area contributed by atoms with Gasteiger partial charge in [-0.05, 0) is 17.5 Å². The molecule has 0 aliphatic carbocycles. The molecule has 4 rings (SSSR count). The van der Waals surface area contributed by atoms with Gasteiger partial charge in [-0.3, -0.25) is 15.0 Å². The smallest absolute Gasteiger partial charge is 0.415 e. The molecule has 0 radical (unpaired) electrons. The van der Waals surface area contributed by atoms with Crippen molar-refractivity contribution >= 4 is 23.5 Å². The molecule has 0 saturated carbocycles. The maximum Gasteiger partial charge on any atom is 0.415 e. The van der Waals surface area contributed by atoms with Crippen LogP contribution in [0.4, 0.5) is 22.2 Å². The minimum Gasteiger partial charge on any atom is -0.447 e. The van der Waals surface area contributed by atoms with Gasteiger partial charge >= 0.3 is 6.09 Å². The number of carbonyl (C=O) groups is 1. The largest absolute Gasteiger partial charge is 0.447 e. The average Bonchev–Trinajstić information content (AvgIpc) is 3.21. The van der Waals surface area contributed by atoms with E-state index in [0.29, 0.717) is 48.3 Å². The summed E-state index contributed by atoms with van der Waals surface area (Å²) in [6.45, 7) is 4.89. The highest BCUT2D eigenvalue weighted by molar-refractivity contribution is 5.89. The molecule has 11 nitrogen and oxygen atoms in total. The Balaban J connectivity index is 1.37. The number of aromatic nitrogens is 4. The summed E-state index contributed by atoms with van der Waals surface area (Å²) in [4.78, 5) is 41.6. The molecule has 3 aromatic rings. The number of rotatable bonds is 8. The molecule has 1 saturated heterocycles. The lowest BCUT2D eigenvalue weighted by Gasteiger charge is -2.23. The Labute approximate surface area is 190 Å². The average molecular weight is 449 g/mol. The van der Waals surface area contributed by atoms with Crippen LogP contribution in [0.25, 0.3) is 11.1 Å². The number of benzene rings is 1. The first-order valence-corrected chi connectivity index (χ1v) is 10.5. The van der Waals surface area contributed by atoms with Gasteiger partial charge in [-0.15, -0.1) is 0 Å². The van der Waals surface area contributed by atoms with Gasteiger partial charge in [0.15, 0.2) is 0 Å². The zero-order valence-electron chi connectivity index (χ0n) is 18.2. The van der Waals surface area contributed by atoms with E-state index in [1.54, 1.807) is 41.7 Å². The Morgan fingerprint density at radius 2 is 2.00 bits per heavy atom. The maximum absolute atomic E-state index is 12.2. The fourth-order valence-corrected chi connectivity index (χ4v) is 3.48. The number of amides is 1. The van der Waals surface area contributed by atoms with Crippen LogP contribution in [0.5, 0.6) is 0 Å². The number of carbonyl (C=O) groups excluding carboxylic acids is 1. The first-order valence-electron chi connectivity index (χ1n) is 10.5. The molecule has 33 heavy (non-hydrogen) atoms. The quantitative estimate of drug-likeness (QED) is 0.405. The van der Waals surface area contributed by atoms with Gasteiger partial charge < -0.3 is 10.1 Å². The number of ether oxygens (including phenoxy) is 1. The zero-order valence-corrected chi connectivity index (χ0v) is 18.2. The van der Waals surface area contributed by atoms with E-state index in [1.807, 2.05) is 13.8 Å². The second-order valence-corrected chi connectivity index (χ2v) is 7.87. The molecule has 1 N–H and O–H groups in total. The number of hydrogen-bond donors (Lipinski definition) is 1. The molecular formula is C22H23N7O4. The molecule has 11 heteroatoms. The zero-order chi connectivity index (χ0) is 23.4. The topological polar surface area (TPSA) is 136 Å². The Hall–Kier alpha value is -4.15. The van der Waals surface area contributed by atoms with Crippen molar-refractivity contribution in [1.82, 2.24) is 19.9 Å². The summed E-state index contributed by atoms with van der Waals surface area (Å²) in [5.74, 6) is 1.72. The molecule has 2 aromatic heterocycles. The van der Waals surface area contributed by atoms with Crippen molar-refractivity contribution in [3.63, 3.8) is 0 Å². The van der Waals surface area contributed by atoms with Crippen LogP contribution >= 0.6 is 0 Å². The number of hydrogen-bond acceptors (Lipinski definition) is 9. The monoisotopic (exact) mass is 449 g/mol. The van der Waals surface area contributed by atoms with Crippen molar-refractivity contribution in [2.75, 3.05) is 23.4 Å². The molecule has 1 aliphatic heterocycles. The van der Waals surface area contributed by atoms with Crippen molar-refractivity contribution in [3.05, 3.63) is 64.9 Å². The van der Waals surface area contributed by atoms with Gasteiger partial charge in [0.05, 0.1) is 11.0 Å². The third-order valence-electron chi connectivity index (χ3n) is 5.29. The van der Waals surface area contributed by atoms with Gasteiger partial charge in [0.1, 0.15) is 18.2 Å². The van der Waals surface area contributed by atoms with Crippen LogP contribution in [-0.2, 0) is 11.2 Å². The summed E-state index contributed by atoms with van der Waals surface area (Å²) < 4.78 is 5.19. The number of nitro benzene ring substituents is 1. The van der Waals surface area contributed by atoms with E-state index in [1.165, 1.54) is 12.1 Å². The fraction of sp³-hybridized carbons (Fsp3) is 0.318. The van der Waals surface area contributed by atoms with E-state index in [0.717, 1.165) is 0 Å². The molecule has 1 amide bonds. The van der Waals surface area contributed by atoms with E-state index in [2.05, 4.69) is 25.3 Å². The van der Waals surface area contributed by atoms with Gasteiger partial charge in [0.25, 0.3) is 5.69 Å². The third-order valence-corrected chi connectivity index (χ3v) is 5.29. The highest BCUT2D eigenvalue weighted by atomic mass is 16.6. The van der Waals surface area contributed by atoms with Gasteiger partial charge in [0, 0.05) is 49.3 Å². The van der Waals surface area contributed by atoms with Gasteiger partial charge in [-0.1, -0.05) is 26.0 Å². The molecule has 1 aromatic carbocycles. The first kappa shape index (κ1) is 22.1. The minimum absolute atomic E-state index is 0.0184. The molecule has 1 atom stereocenters. The molecule has 0 bridgehead atoms. The summed E-state index contributed by atoms with van der Waals surface area (Å²) in [6, 6.07) is 7.95. The lowest BCUT2D eigenvalue weighted by molar-refractivity contribution is -0.384. The summed E-state index contributed by atoms with van der Waals surface area (Å²) in [7, 11) is 0. The van der Waals surface area contributed by atoms with Crippen LogP contribution in [0.2, 0.25) is 0 Å². The van der Waals surface area contributed by atoms with Gasteiger partial charge in [0.2, 0.25) is 5.95 Å². The second-order valence-electron chi connectivity index (χ2n) is 7.87. The molecule has 3 heterocycles. The van der Waals surface area contributed by atoms with Crippen molar-refractivity contribution in [2.45, 2.75) is 26.3 Å². The number of cyclic esters (lactones) is 1. The molecular weight excluding hydrogens is 426 g/mol. The number of nitro groups is 1. The number of nitrogens with one attached hydrogen (secondary N) is 1. The van der Waals surface area contributed by atoms with E-state index >= 15 is 0 Å². The van der Waals surface area contributed by atoms with E-state index in [-0.39, 0.29) is 17.6 Å². The molecule has 0 spiro atoms. The lowest BCUT2D eigenvalue weighted by Crippen LogP contribution is -2.37. The Morgan fingerprint density at radius 3 is 2.73 bits per heavy atom. The van der Waals surface area contributed by atoms with Crippen LogP contribution in [0.1, 0.15) is 19.7 Å². The molecule has 1 fully saturated rings. The van der Waals surface area contributed by atoms with Gasteiger partial charge in [-0.25, -0.2) is 19.7 Å². The van der Waals surface area contributed by atoms with Crippen molar-refractivity contribution < 1.29 is 14.5 Å². The molecule has 170 valence electrons. The van der Waals surface area contributed by atoms with Crippen LogP contribution in [0, 0.1) is 16.0 Å². The summed E-state index contributed by atoms with van der Waals surface area (Å²) in [6.07, 6.45) is 4.99. The van der Waals surface area contributed by atoms with Crippen molar-refractivity contribution in [1.29, 1.82) is 0 Å². The third kappa shape index (κ3) is 5.03. The lowest BCUT2D eigenvalue weighted by atomic mass is 10.0. The second kappa shape index (κ2) is 9.55. The van der Waals surface area contributed by atoms with Crippen molar-refractivity contribution in [3.8, 4) is 11.1 Å². The van der Waals surface area contributed by atoms with Crippen molar-refractivity contribution in [2.24, 2.45) is 5.92 Å². The Bertz CT molecular complexity index is 1150. The van der Waals surface area contributed by atoms with Crippen LogP contribution in [0.3, 0.4) is 0 Å². The predicted octanol–water partition coefficient (Wildman–Crippen LogP) is 3.48. The predicted molar refractivity (Wildman–Crippen MR) is 121 cm³/mol. The number of nitrogens with zero attached hydrogens (tertiary/aromatic N) is 6. The van der Waals surface area contributed by atoms with Crippen LogP contribution in [-0.4, -0.2) is 50.1 Å². The SMILES string of the molecule is CC(C)[C@H]1COC(=O)N1c1ccnc(NCCc2ncc(-c3cccc([N+](=O)[O-])c3)cn2)n1. The Kier molecular flexibility index (Phi) is 6.38. The Morgan fingerprint density at radius 1 is 1.21 bits per heavy atom. The normalized spacial score (nSPS) is 15.5. The first-order chi connectivity index (χ1) is 15.9. The number of anilines is 2. The molecule has 0 unspecified atom stereocenters. The fourth-order valence-electron chi connectivity index (χ4n) is 3.48. The van der Waals surface area contributed by atoms with Crippen LogP contribution in [0.15, 0.2) is 48.9 Å². The van der Waals surface area contributed by atoms with Gasteiger partial charge in [-0.2, -0.15) is 4.98 Å². The maximum atomic E-state index is 12.2.